The Bertz CT molecular complexity index is 1150. The summed E-state index contributed by atoms with van der Waals surface area (Å²) in [4.78, 5) is 34.9. The zero-order chi connectivity index (χ0) is 22.5. The molecule has 0 atom stereocenters. The van der Waals surface area contributed by atoms with E-state index in [-0.39, 0.29) is 23.5 Å². The van der Waals surface area contributed by atoms with E-state index in [0.717, 1.165) is 23.0 Å². The Hall–Kier alpha value is -4.20. The molecule has 0 unspecified atom stereocenters. The van der Waals surface area contributed by atoms with Crippen molar-refractivity contribution in [3.05, 3.63) is 88.2 Å². The van der Waals surface area contributed by atoms with Crippen molar-refractivity contribution in [3.8, 4) is 5.69 Å². The topological polar surface area (TPSA) is 121 Å². The number of nitrogens with one attached hydrogen (secondary N) is 1. The van der Waals surface area contributed by atoms with E-state index in [0.29, 0.717) is 11.3 Å². The van der Waals surface area contributed by atoms with Crippen molar-refractivity contribution in [2.45, 2.75) is 20.3 Å². The van der Waals surface area contributed by atoms with Crippen molar-refractivity contribution in [3.63, 3.8) is 0 Å². The molecular formula is C23H21N3O5. The summed E-state index contributed by atoms with van der Waals surface area (Å²) in [6.45, 7) is 3.61. The number of aromatic carboxylic acids is 2. The van der Waals surface area contributed by atoms with Crippen molar-refractivity contribution in [1.82, 2.24) is 9.99 Å². The zero-order valence-corrected chi connectivity index (χ0v) is 17.0. The van der Waals surface area contributed by atoms with E-state index in [4.69, 9.17) is 0 Å². The molecule has 0 bridgehead atoms. The molecule has 0 aliphatic carbocycles. The maximum absolute atomic E-state index is 12.0. The van der Waals surface area contributed by atoms with Crippen molar-refractivity contribution in [2.24, 2.45) is 5.10 Å². The average Bonchev–Trinajstić information content (AvgIpc) is 3.01. The molecule has 1 heterocycles. The van der Waals surface area contributed by atoms with Crippen LogP contribution in [-0.2, 0) is 11.2 Å². The van der Waals surface area contributed by atoms with Gasteiger partial charge in [-0.2, -0.15) is 5.10 Å². The smallest absolute Gasteiger partial charge is 0.335 e. The van der Waals surface area contributed by atoms with Gasteiger partial charge < -0.3 is 14.8 Å². The molecule has 0 saturated carbocycles. The average molecular weight is 419 g/mol. The summed E-state index contributed by atoms with van der Waals surface area (Å²) in [7, 11) is 0. The van der Waals surface area contributed by atoms with E-state index in [1.54, 1.807) is 11.5 Å². The Kier molecular flexibility index (Phi) is 6.30. The van der Waals surface area contributed by atoms with Crippen LogP contribution in [0.25, 0.3) is 5.69 Å². The van der Waals surface area contributed by atoms with Gasteiger partial charge >= 0.3 is 11.9 Å². The van der Waals surface area contributed by atoms with Crippen LogP contribution in [0.4, 0.5) is 0 Å². The van der Waals surface area contributed by atoms with Crippen molar-refractivity contribution >= 4 is 24.1 Å². The highest BCUT2D eigenvalue weighted by atomic mass is 16.4. The molecule has 8 heteroatoms. The van der Waals surface area contributed by atoms with Gasteiger partial charge in [0.15, 0.2) is 0 Å². The number of carbonyl (C=O) groups is 3. The Morgan fingerprint density at radius 3 is 2.16 bits per heavy atom. The molecule has 0 saturated heterocycles. The first-order valence-corrected chi connectivity index (χ1v) is 9.43. The monoisotopic (exact) mass is 419 g/mol. The van der Waals surface area contributed by atoms with Crippen LogP contribution >= 0.6 is 0 Å². The van der Waals surface area contributed by atoms with Crippen LogP contribution in [0, 0.1) is 13.8 Å². The van der Waals surface area contributed by atoms with E-state index in [9.17, 15) is 24.6 Å². The summed E-state index contributed by atoms with van der Waals surface area (Å²) in [5.41, 5.74) is 5.72. The second kappa shape index (κ2) is 9.08. The number of hydrogen-bond donors (Lipinski definition) is 3. The fourth-order valence-electron chi connectivity index (χ4n) is 3.30. The van der Waals surface area contributed by atoms with Gasteiger partial charge in [-0.05, 0) is 43.7 Å². The van der Waals surface area contributed by atoms with Gasteiger partial charge in [0.2, 0.25) is 5.91 Å². The van der Waals surface area contributed by atoms with Crippen LogP contribution in [0.5, 0.6) is 0 Å². The summed E-state index contributed by atoms with van der Waals surface area (Å²) in [6.07, 6.45) is 1.71. The largest absolute Gasteiger partial charge is 0.478 e. The molecule has 8 nitrogen and oxygen atoms in total. The Morgan fingerprint density at radius 1 is 0.968 bits per heavy atom. The lowest BCUT2D eigenvalue weighted by Gasteiger charge is -2.12. The number of aromatic nitrogens is 1. The highest BCUT2D eigenvalue weighted by molar-refractivity contribution is 5.95. The number of nitrogens with zero attached hydrogens (tertiary/aromatic N) is 2. The van der Waals surface area contributed by atoms with Crippen LogP contribution in [0.15, 0.2) is 59.7 Å². The number of hydrogen-bond acceptors (Lipinski definition) is 4. The van der Waals surface area contributed by atoms with E-state index in [2.05, 4.69) is 10.5 Å². The molecular weight excluding hydrogens is 398 g/mol. The molecule has 31 heavy (non-hydrogen) atoms. The number of carboxylic acid groups (broad SMARTS) is 2. The molecule has 3 aromatic rings. The molecule has 0 fully saturated rings. The molecule has 0 aliphatic rings. The first kappa shape index (κ1) is 21.5. The lowest BCUT2D eigenvalue weighted by molar-refractivity contribution is -0.120. The summed E-state index contributed by atoms with van der Waals surface area (Å²) < 4.78 is 1.74. The van der Waals surface area contributed by atoms with Gasteiger partial charge in [0, 0.05) is 22.6 Å². The number of aryl methyl sites for hydroxylation is 1. The maximum Gasteiger partial charge on any atom is 0.335 e. The second-order valence-electron chi connectivity index (χ2n) is 7.00. The first-order valence-electron chi connectivity index (χ1n) is 9.43. The molecule has 0 aliphatic heterocycles. The third kappa shape index (κ3) is 5.05. The fraction of sp³-hybridized carbons (Fsp3) is 0.130. The Morgan fingerprint density at radius 2 is 1.58 bits per heavy atom. The van der Waals surface area contributed by atoms with Crippen LogP contribution in [0.1, 0.15) is 43.2 Å². The number of hydrazone groups is 1. The number of carbonyl (C=O) groups excluding carboxylic acids is 1. The van der Waals surface area contributed by atoms with Gasteiger partial charge in [-0.15, -0.1) is 0 Å². The van der Waals surface area contributed by atoms with E-state index in [1.807, 2.05) is 43.3 Å². The maximum atomic E-state index is 12.0. The second-order valence-corrected chi connectivity index (χ2v) is 7.00. The summed E-state index contributed by atoms with van der Waals surface area (Å²) in [6, 6.07) is 15.1. The summed E-state index contributed by atoms with van der Waals surface area (Å²) in [5.74, 6) is -2.68. The lowest BCUT2D eigenvalue weighted by atomic mass is 10.1. The molecule has 0 radical (unpaired) electrons. The van der Waals surface area contributed by atoms with Crippen LogP contribution in [0.2, 0.25) is 0 Å². The first-order chi connectivity index (χ1) is 14.8. The molecule has 0 spiro atoms. The van der Waals surface area contributed by atoms with Crippen molar-refractivity contribution in [1.29, 1.82) is 0 Å². The van der Waals surface area contributed by atoms with Crippen molar-refractivity contribution in [2.75, 3.05) is 0 Å². The molecule has 3 rings (SSSR count). The molecule has 2 aromatic carbocycles. The van der Waals surface area contributed by atoms with E-state index in [1.165, 1.54) is 18.3 Å². The number of amides is 1. The number of benzene rings is 2. The zero-order valence-electron chi connectivity index (χ0n) is 17.0. The van der Waals surface area contributed by atoms with Crippen LogP contribution in [0.3, 0.4) is 0 Å². The molecule has 158 valence electrons. The third-order valence-corrected chi connectivity index (χ3v) is 4.74. The Balaban J connectivity index is 1.84. The van der Waals surface area contributed by atoms with Gasteiger partial charge in [0.1, 0.15) is 0 Å². The van der Waals surface area contributed by atoms with Crippen LogP contribution in [-0.4, -0.2) is 38.8 Å². The number of rotatable bonds is 7. The highest BCUT2D eigenvalue weighted by Gasteiger charge is 2.16. The van der Waals surface area contributed by atoms with E-state index < -0.39 is 11.9 Å². The predicted molar refractivity (Wildman–Crippen MR) is 115 cm³/mol. The quantitative estimate of drug-likeness (QED) is 0.401. The molecule has 3 N–H and O–H groups in total. The van der Waals surface area contributed by atoms with Gasteiger partial charge in [0.25, 0.3) is 0 Å². The third-order valence-electron chi connectivity index (χ3n) is 4.74. The van der Waals surface area contributed by atoms with Crippen LogP contribution < -0.4 is 5.43 Å². The van der Waals surface area contributed by atoms with Crippen molar-refractivity contribution < 1.29 is 24.6 Å². The summed E-state index contributed by atoms with van der Waals surface area (Å²) in [5, 5.41) is 22.6. The van der Waals surface area contributed by atoms with Gasteiger partial charge in [-0.1, -0.05) is 30.3 Å². The minimum atomic E-state index is -1.21. The fourth-order valence-corrected chi connectivity index (χ4v) is 3.30. The summed E-state index contributed by atoms with van der Waals surface area (Å²) >= 11 is 0. The van der Waals surface area contributed by atoms with Gasteiger partial charge in [0.05, 0.1) is 23.8 Å². The van der Waals surface area contributed by atoms with Gasteiger partial charge in [-0.25, -0.2) is 15.0 Å². The minimum absolute atomic E-state index is 0.120. The minimum Gasteiger partial charge on any atom is -0.478 e. The predicted octanol–water partition coefficient (Wildman–Crippen LogP) is 3.18. The van der Waals surface area contributed by atoms with E-state index >= 15 is 0 Å². The number of carboxylic acids is 2. The molecule has 1 aromatic heterocycles. The SMILES string of the molecule is Cc1cc(/C=N\NC(=O)Cc2ccccc2)c(C)n1-c1cc(C(=O)O)cc(C(=O)O)c1. The lowest BCUT2D eigenvalue weighted by Crippen LogP contribution is -2.19. The highest BCUT2D eigenvalue weighted by Crippen LogP contribution is 2.22. The normalized spacial score (nSPS) is 10.9. The molecule has 1 amide bonds. The Labute approximate surface area is 178 Å². The van der Waals surface area contributed by atoms with Gasteiger partial charge in [-0.3, -0.25) is 4.79 Å². The standard InChI is InChI=1S/C23H21N3O5/c1-14-8-19(13-24-25-21(27)9-16-6-4-3-5-7-16)15(2)26(14)20-11-17(22(28)29)10-18(12-20)23(30)31/h3-8,10-13H,9H2,1-2H3,(H,25,27)(H,28,29)(H,30,31)/b24-13-.